The minimum absolute atomic E-state index is 0.132. The highest BCUT2D eigenvalue weighted by atomic mass is 19.4. The van der Waals surface area contributed by atoms with Gasteiger partial charge in [0.2, 0.25) is 0 Å². The quantitative estimate of drug-likeness (QED) is 0.840. The molecule has 1 rings (SSSR count). The predicted octanol–water partition coefficient (Wildman–Crippen LogP) is 2.32. The van der Waals surface area contributed by atoms with E-state index in [9.17, 15) is 23.1 Å². The molecule has 0 aliphatic carbocycles. The Balaban J connectivity index is 2.63. The van der Waals surface area contributed by atoms with Gasteiger partial charge in [-0.1, -0.05) is 24.3 Å². The number of carbonyl (C=O) groups is 1. The zero-order valence-corrected chi connectivity index (χ0v) is 10.1. The molecule has 0 bridgehead atoms. The van der Waals surface area contributed by atoms with Gasteiger partial charge < -0.3 is 9.84 Å². The zero-order chi connectivity index (χ0) is 14.5. The molecule has 0 spiro atoms. The van der Waals surface area contributed by atoms with Gasteiger partial charge in [0.1, 0.15) is 0 Å². The number of rotatable bonds is 5. The van der Waals surface area contributed by atoms with Crippen LogP contribution in [0, 0.1) is 0 Å². The number of ether oxygens (including phenoxy) is 2. The standard InChI is InChI=1S/C12H13F3O4/c1-2-18-11(17)10(16)9-5-3-8(4-6-9)7-19-12(13,14)15/h3-6,10,16H,2,7H2,1H3. The molecule has 1 aromatic carbocycles. The van der Waals surface area contributed by atoms with Crippen LogP contribution in [0.5, 0.6) is 0 Å². The van der Waals surface area contributed by atoms with Gasteiger partial charge in [0.15, 0.2) is 6.10 Å². The van der Waals surface area contributed by atoms with Crippen molar-refractivity contribution in [2.24, 2.45) is 0 Å². The SMILES string of the molecule is CCOC(=O)C(O)c1ccc(COC(F)(F)F)cc1. The van der Waals surface area contributed by atoms with Gasteiger partial charge in [-0.25, -0.2) is 4.79 Å². The maximum Gasteiger partial charge on any atom is 0.522 e. The molecule has 0 aliphatic rings. The van der Waals surface area contributed by atoms with E-state index in [2.05, 4.69) is 9.47 Å². The Morgan fingerprint density at radius 1 is 1.32 bits per heavy atom. The molecule has 1 unspecified atom stereocenters. The number of hydrogen-bond acceptors (Lipinski definition) is 4. The Morgan fingerprint density at radius 2 is 1.89 bits per heavy atom. The Hall–Kier alpha value is -1.60. The molecule has 106 valence electrons. The van der Waals surface area contributed by atoms with Gasteiger partial charge in [-0.05, 0) is 18.1 Å². The van der Waals surface area contributed by atoms with Crippen molar-refractivity contribution in [3.05, 3.63) is 35.4 Å². The van der Waals surface area contributed by atoms with Crippen molar-refractivity contribution in [2.45, 2.75) is 26.0 Å². The fourth-order valence-electron chi connectivity index (χ4n) is 1.32. The summed E-state index contributed by atoms with van der Waals surface area (Å²) < 4.78 is 43.7. The molecule has 7 heteroatoms. The van der Waals surface area contributed by atoms with E-state index in [0.717, 1.165) is 0 Å². The number of alkyl halides is 3. The summed E-state index contributed by atoms with van der Waals surface area (Å²) in [6.45, 7) is 1.11. The van der Waals surface area contributed by atoms with E-state index in [0.29, 0.717) is 0 Å². The van der Waals surface area contributed by atoms with Crippen molar-refractivity contribution in [1.82, 2.24) is 0 Å². The third-order valence-corrected chi connectivity index (χ3v) is 2.21. The summed E-state index contributed by atoms with van der Waals surface area (Å²) in [4.78, 5) is 11.2. The third kappa shape index (κ3) is 5.27. The maximum atomic E-state index is 11.8. The molecular formula is C12H13F3O4. The summed E-state index contributed by atoms with van der Waals surface area (Å²) >= 11 is 0. The predicted molar refractivity (Wildman–Crippen MR) is 58.9 cm³/mol. The van der Waals surface area contributed by atoms with Gasteiger partial charge in [-0.15, -0.1) is 13.2 Å². The monoisotopic (exact) mass is 278 g/mol. The lowest BCUT2D eigenvalue weighted by atomic mass is 10.1. The van der Waals surface area contributed by atoms with Crippen LogP contribution in [-0.2, 0) is 20.9 Å². The van der Waals surface area contributed by atoms with Crippen LogP contribution in [0.25, 0.3) is 0 Å². The normalized spacial score (nSPS) is 13.1. The van der Waals surface area contributed by atoms with Crippen LogP contribution >= 0.6 is 0 Å². The summed E-state index contributed by atoms with van der Waals surface area (Å²) in [5, 5.41) is 9.58. The van der Waals surface area contributed by atoms with Gasteiger partial charge in [-0.3, -0.25) is 4.74 Å². The van der Waals surface area contributed by atoms with Crippen molar-refractivity contribution in [1.29, 1.82) is 0 Å². The van der Waals surface area contributed by atoms with Gasteiger partial charge in [-0.2, -0.15) is 0 Å². The van der Waals surface area contributed by atoms with E-state index in [1.54, 1.807) is 6.92 Å². The lowest BCUT2D eigenvalue weighted by Gasteiger charge is -2.11. The second-order valence-corrected chi connectivity index (χ2v) is 3.63. The van der Waals surface area contributed by atoms with Gasteiger partial charge in [0.05, 0.1) is 13.2 Å². The molecule has 0 fully saturated rings. The van der Waals surface area contributed by atoms with Crippen LogP contribution < -0.4 is 0 Å². The Morgan fingerprint density at radius 3 is 2.37 bits per heavy atom. The Labute approximate surface area is 107 Å². The van der Waals surface area contributed by atoms with E-state index < -0.39 is 25.0 Å². The molecule has 19 heavy (non-hydrogen) atoms. The van der Waals surface area contributed by atoms with Gasteiger partial charge in [0.25, 0.3) is 0 Å². The molecule has 0 aromatic heterocycles. The van der Waals surface area contributed by atoms with E-state index in [4.69, 9.17) is 0 Å². The number of carbonyl (C=O) groups excluding carboxylic acids is 1. The van der Waals surface area contributed by atoms with Crippen molar-refractivity contribution >= 4 is 5.97 Å². The molecular weight excluding hydrogens is 265 g/mol. The summed E-state index contributed by atoms with van der Waals surface area (Å²) in [5.74, 6) is -0.804. The van der Waals surface area contributed by atoms with E-state index >= 15 is 0 Å². The minimum atomic E-state index is -4.69. The van der Waals surface area contributed by atoms with Crippen LogP contribution in [0.4, 0.5) is 13.2 Å². The van der Waals surface area contributed by atoms with Crippen LogP contribution in [0.3, 0.4) is 0 Å². The van der Waals surface area contributed by atoms with Crippen LogP contribution in [0.2, 0.25) is 0 Å². The van der Waals surface area contributed by atoms with E-state index in [1.165, 1.54) is 24.3 Å². The molecule has 0 heterocycles. The summed E-state index contributed by atoms with van der Waals surface area (Å²) in [5.41, 5.74) is 0.520. The van der Waals surface area contributed by atoms with Crippen LogP contribution in [0.1, 0.15) is 24.2 Å². The number of aliphatic hydroxyl groups is 1. The number of aliphatic hydroxyl groups excluding tert-OH is 1. The number of halogens is 3. The van der Waals surface area contributed by atoms with Crippen LogP contribution in [-0.4, -0.2) is 24.0 Å². The highest BCUT2D eigenvalue weighted by Crippen LogP contribution is 2.20. The first kappa shape index (κ1) is 15.5. The van der Waals surface area contributed by atoms with Gasteiger partial charge >= 0.3 is 12.3 Å². The number of esters is 1. The fraction of sp³-hybridized carbons (Fsp3) is 0.417. The fourth-order valence-corrected chi connectivity index (χ4v) is 1.32. The summed E-state index contributed by atoms with van der Waals surface area (Å²) in [6, 6.07) is 5.36. The molecule has 0 saturated carbocycles. The van der Waals surface area contributed by atoms with Gasteiger partial charge in [0, 0.05) is 0 Å². The van der Waals surface area contributed by atoms with E-state index in [1.807, 2.05) is 0 Å². The second-order valence-electron chi connectivity index (χ2n) is 3.63. The topological polar surface area (TPSA) is 55.8 Å². The van der Waals surface area contributed by atoms with Crippen molar-refractivity contribution in [3.8, 4) is 0 Å². The Kier molecular flexibility index (Phi) is 5.31. The van der Waals surface area contributed by atoms with Crippen molar-refractivity contribution < 1.29 is 32.5 Å². The van der Waals surface area contributed by atoms with Crippen molar-refractivity contribution in [2.75, 3.05) is 6.61 Å². The maximum absolute atomic E-state index is 11.8. The molecule has 1 N–H and O–H groups in total. The molecule has 0 radical (unpaired) electrons. The molecule has 0 amide bonds. The first-order valence-corrected chi connectivity index (χ1v) is 5.47. The second kappa shape index (κ2) is 6.53. The molecule has 0 aliphatic heterocycles. The Bertz CT molecular complexity index is 414. The number of hydrogen-bond donors (Lipinski definition) is 1. The molecule has 1 aromatic rings. The molecule has 0 saturated heterocycles. The molecule has 4 nitrogen and oxygen atoms in total. The van der Waals surface area contributed by atoms with Crippen LogP contribution in [0.15, 0.2) is 24.3 Å². The summed E-state index contributed by atoms with van der Waals surface area (Å²) in [6.07, 6.45) is -6.14. The number of benzene rings is 1. The average Bonchev–Trinajstić information content (AvgIpc) is 2.35. The minimum Gasteiger partial charge on any atom is -0.464 e. The first-order valence-electron chi connectivity index (χ1n) is 5.47. The first-order chi connectivity index (χ1) is 8.83. The van der Waals surface area contributed by atoms with Crippen molar-refractivity contribution in [3.63, 3.8) is 0 Å². The lowest BCUT2D eigenvalue weighted by molar-refractivity contribution is -0.330. The third-order valence-electron chi connectivity index (χ3n) is 2.21. The largest absolute Gasteiger partial charge is 0.522 e. The molecule has 1 atom stereocenters. The average molecular weight is 278 g/mol. The zero-order valence-electron chi connectivity index (χ0n) is 10.1. The lowest BCUT2D eigenvalue weighted by Crippen LogP contribution is -2.15. The highest BCUT2D eigenvalue weighted by Gasteiger charge is 2.29. The summed E-state index contributed by atoms with van der Waals surface area (Å²) in [7, 11) is 0. The van der Waals surface area contributed by atoms with E-state index in [-0.39, 0.29) is 17.7 Å². The smallest absolute Gasteiger partial charge is 0.464 e. The highest BCUT2D eigenvalue weighted by molar-refractivity contribution is 5.76.